The maximum Gasteiger partial charge on any atom is 0.181 e. The third-order valence-electron chi connectivity index (χ3n) is 2.60. The van der Waals surface area contributed by atoms with Crippen LogP contribution in [0, 0.1) is 6.92 Å². The lowest BCUT2D eigenvalue weighted by atomic mass is 10.1. The van der Waals surface area contributed by atoms with Gasteiger partial charge in [0.1, 0.15) is 12.4 Å². The minimum atomic E-state index is 0. The summed E-state index contributed by atoms with van der Waals surface area (Å²) in [4.78, 5) is 16.1. The first kappa shape index (κ1) is 14.7. The number of hydrogen-bond donors (Lipinski definition) is 1. The van der Waals surface area contributed by atoms with Gasteiger partial charge in [-0.1, -0.05) is 29.8 Å². The number of carbonyl (C=O) groups excluding carboxylic acids is 1. The van der Waals surface area contributed by atoms with Gasteiger partial charge in [-0.25, -0.2) is 0 Å². The van der Waals surface area contributed by atoms with Gasteiger partial charge in [-0.2, -0.15) is 0 Å². The highest BCUT2D eigenvalue weighted by Gasteiger charge is 2.08. The van der Waals surface area contributed by atoms with E-state index in [1.165, 1.54) is 0 Å². The summed E-state index contributed by atoms with van der Waals surface area (Å²) >= 11 is 0. The smallest absolute Gasteiger partial charge is 0.181 e. The van der Waals surface area contributed by atoms with E-state index in [4.69, 9.17) is 4.74 Å². The zero-order valence-electron chi connectivity index (χ0n) is 10.3. The Balaban J connectivity index is 0.00000162. The van der Waals surface area contributed by atoms with Gasteiger partial charge in [0.2, 0.25) is 0 Å². The summed E-state index contributed by atoms with van der Waals surface area (Å²) in [6, 6.07) is 7.57. The average Bonchev–Trinajstić information content (AvgIpc) is 2.38. The van der Waals surface area contributed by atoms with Gasteiger partial charge in [-0.05, 0) is 6.92 Å². The van der Waals surface area contributed by atoms with Crippen LogP contribution in [0.15, 0.2) is 29.3 Å². The predicted octanol–water partition coefficient (Wildman–Crippen LogP) is 1.62. The number of rotatable bonds is 3. The molecule has 1 N–H and O–H groups in total. The molecule has 1 aromatic rings. The fourth-order valence-corrected chi connectivity index (χ4v) is 1.59. The fraction of sp³-hybridized carbons (Fsp3) is 0.385. The van der Waals surface area contributed by atoms with Crippen molar-refractivity contribution < 1.29 is 9.53 Å². The summed E-state index contributed by atoms with van der Waals surface area (Å²) in [5.74, 6) is 0.829. The number of benzene rings is 1. The van der Waals surface area contributed by atoms with Gasteiger partial charge in [0.15, 0.2) is 5.78 Å². The molecular formula is C13H17ClN2O2. The van der Waals surface area contributed by atoms with E-state index in [2.05, 4.69) is 10.3 Å². The van der Waals surface area contributed by atoms with E-state index in [1.807, 2.05) is 31.2 Å². The van der Waals surface area contributed by atoms with Gasteiger partial charge >= 0.3 is 0 Å². The normalized spacial score (nSPS) is 14.4. The lowest BCUT2D eigenvalue weighted by Gasteiger charge is -2.14. The van der Waals surface area contributed by atoms with Crippen LogP contribution in [-0.2, 0) is 4.74 Å². The number of hydrogen-bond acceptors (Lipinski definition) is 4. The van der Waals surface area contributed by atoms with Crippen molar-refractivity contribution >= 4 is 24.0 Å². The van der Waals surface area contributed by atoms with E-state index in [0.717, 1.165) is 17.0 Å². The number of amidine groups is 1. The number of carbonyl (C=O) groups is 1. The summed E-state index contributed by atoms with van der Waals surface area (Å²) in [7, 11) is 0. The molecule has 0 aromatic heterocycles. The van der Waals surface area contributed by atoms with E-state index in [-0.39, 0.29) is 24.7 Å². The van der Waals surface area contributed by atoms with E-state index < -0.39 is 0 Å². The van der Waals surface area contributed by atoms with Crippen molar-refractivity contribution in [1.29, 1.82) is 0 Å². The minimum absolute atomic E-state index is 0. The summed E-state index contributed by atoms with van der Waals surface area (Å²) in [5.41, 5.74) is 1.87. The van der Waals surface area contributed by atoms with Crippen molar-refractivity contribution in [3.63, 3.8) is 0 Å². The molecule has 0 spiro atoms. The number of nitrogens with zero attached hydrogens (tertiary/aromatic N) is 1. The predicted molar refractivity (Wildman–Crippen MR) is 73.9 cm³/mol. The zero-order valence-corrected chi connectivity index (χ0v) is 11.1. The van der Waals surface area contributed by atoms with Gasteiger partial charge in [-0.15, -0.1) is 12.4 Å². The molecule has 5 heteroatoms. The molecule has 1 aromatic carbocycles. The van der Waals surface area contributed by atoms with Crippen molar-refractivity contribution in [2.75, 3.05) is 26.3 Å². The lowest BCUT2D eigenvalue weighted by Crippen LogP contribution is -2.35. The van der Waals surface area contributed by atoms with Gasteiger partial charge in [0.05, 0.1) is 19.7 Å². The first-order valence-corrected chi connectivity index (χ1v) is 5.70. The Morgan fingerprint density at radius 1 is 1.39 bits per heavy atom. The summed E-state index contributed by atoms with van der Waals surface area (Å²) in [6.45, 7) is 4.07. The fourth-order valence-electron chi connectivity index (χ4n) is 1.59. The Morgan fingerprint density at radius 3 is 2.72 bits per heavy atom. The zero-order chi connectivity index (χ0) is 12.1. The van der Waals surface area contributed by atoms with Crippen LogP contribution in [0.3, 0.4) is 0 Å². The Morgan fingerprint density at radius 2 is 2.11 bits per heavy atom. The topological polar surface area (TPSA) is 50.7 Å². The second kappa shape index (κ2) is 7.13. The third-order valence-corrected chi connectivity index (χ3v) is 2.60. The van der Waals surface area contributed by atoms with Crippen molar-refractivity contribution in [3.8, 4) is 0 Å². The maximum absolute atomic E-state index is 11.8. The highest BCUT2D eigenvalue weighted by atomic mass is 35.5. The summed E-state index contributed by atoms with van der Waals surface area (Å²) in [6.07, 6.45) is 0. The molecule has 2 rings (SSSR count). The average molecular weight is 269 g/mol. The second-order valence-electron chi connectivity index (χ2n) is 4.02. The van der Waals surface area contributed by atoms with Crippen LogP contribution in [0.4, 0.5) is 0 Å². The van der Waals surface area contributed by atoms with Crippen LogP contribution >= 0.6 is 12.4 Å². The molecule has 1 aliphatic rings. The van der Waals surface area contributed by atoms with E-state index in [9.17, 15) is 4.79 Å². The molecule has 98 valence electrons. The molecule has 0 saturated heterocycles. The van der Waals surface area contributed by atoms with Crippen molar-refractivity contribution in [1.82, 2.24) is 5.32 Å². The highest BCUT2D eigenvalue weighted by molar-refractivity contribution is 6.00. The molecule has 0 atom stereocenters. The monoisotopic (exact) mass is 268 g/mol. The van der Waals surface area contributed by atoms with Crippen LogP contribution in [0.5, 0.6) is 0 Å². The first-order valence-electron chi connectivity index (χ1n) is 5.70. The summed E-state index contributed by atoms with van der Waals surface area (Å²) < 4.78 is 5.23. The summed E-state index contributed by atoms with van der Waals surface area (Å²) in [5, 5.41) is 3.01. The van der Waals surface area contributed by atoms with Gasteiger partial charge in [-0.3, -0.25) is 9.79 Å². The Bertz CT molecular complexity index is 429. The Kier molecular flexibility index (Phi) is 5.82. The van der Waals surface area contributed by atoms with Gasteiger partial charge in [0, 0.05) is 5.56 Å². The number of nitrogens with one attached hydrogen (secondary N) is 1. The van der Waals surface area contributed by atoms with Gasteiger partial charge in [0.25, 0.3) is 0 Å². The molecule has 1 aliphatic heterocycles. The van der Waals surface area contributed by atoms with E-state index in [0.29, 0.717) is 19.8 Å². The number of aryl methyl sites for hydroxylation is 1. The van der Waals surface area contributed by atoms with Crippen molar-refractivity contribution in [2.24, 2.45) is 4.99 Å². The standard InChI is InChI=1S/C13H16N2O2.ClH/c1-10-2-4-11(5-3-10)12(16)8-15-13-9-17-7-6-14-13;/h2-5H,6-9H2,1H3,(H,14,15);1H. The quantitative estimate of drug-likeness (QED) is 0.848. The molecule has 0 saturated carbocycles. The molecule has 18 heavy (non-hydrogen) atoms. The molecule has 0 fully saturated rings. The number of aliphatic imine (C=N–C) groups is 1. The molecular weight excluding hydrogens is 252 g/mol. The molecule has 0 unspecified atom stereocenters. The van der Waals surface area contributed by atoms with Gasteiger partial charge < -0.3 is 10.1 Å². The lowest BCUT2D eigenvalue weighted by molar-refractivity contribution is 0.0994. The third kappa shape index (κ3) is 4.13. The molecule has 0 aliphatic carbocycles. The van der Waals surface area contributed by atoms with Crippen LogP contribution in [0.1, 0.15) is 15.9 Å². The number of Topliss-reactive ketones (excluding diaryl/α,β-unsaturated/α-hetero) is 1. The largest absolute Gasteiger partial charge is 0.372 e. The first-order chi connectivity index (χ1) is 8.25. The van der Waals surface area contributed by atoms with Crippen LogP contribution in [0.25, 0.3) is 0 Å². The number of halogens is 1. The second-order valence-corrected chi connectivity index (χ2v) is 4.02. The molecule has 0 radical (unpaired) electrons. The molecule has 1 heterocycles. The molecule has 0 bridgehead atoms. The maximum atomic E-state index is 11.8. The highest BCUT2D eigenvalue weighted by Crippen LogP contribution is 2.03. The van der Waals surface area contributed by atoms with Crippen molar-refractivity contribution in [2.45, 2.75) is 6.92 Å². The van der Waals surface area contributed by atoms with E-state index >= 15 is 0 Å². The van der Waals surface area contributed by atoms with Crippen LogP contribution in [0.2, 0.25) is 0 Å². The van der Waals surface area contributed by atoms with Crippen LogP contribution in [-0.4, -0.2) is 37.9 Å². The Labute approximate surface area is 113 Å². The van der Waals surface area contributed by atoms with Crippen LogP contribution < -0.4 is 5.32 Å². The van der Waals surface area contributed by atoms with Crippen molar-refractivity contribution in [3.05, 3.63) is 35.4 Å². The Hall–Kier alpha value is -1.39. The van der Waals surface area contributed by atoms with E-state index in [1.54, 1.807) is 0 Å². The molecule has 4 nitrogen and oxygen atoms in total. The number of ether oxygens (including phenoxy) is 1. The molecule has 0 amide bonds. The SMILES string of the molecule is Cc1ccc(C(=O)CNC2=NCCOC2)cc1.Cl. The number of ketones is 1. The minimum Gasteiger partial charge on any atom is -0.372 e.